The molecule has 21 heavy (non-hydrogen) atoms. The van der Waals surface area contributed by atoms with E-state index in [1.54, 1.807) is 4.57 Å². The fourth-order valence-electron chi connectivity index (χ4n) is 2.51. The summed E-state index contributed by atoms with van der Waals surface area (Å²) in [7, 11) is 0. The molecule has 0 spiro atoms. The molecular weight excluding hydrogens is 270 g/mol. The summed E-state index contributed by atoms with van der Waals surface area (Å²) in [6.45, 7) is 4.61. The van der Waals surface area contributed by atoms with Crippen LogP contribution in [0.3, 0.4) is 0 Å². The summed E-state index contributed by atoms with van der Waals surface area (Å²) in [5.41, 5.74) is 2.50. The SMILES string of the molecule is CCCn1c(=O)oc2cc(CCC(C)CC(=O)O)ccc21. The van der Waals surface area contributed by atoms with E-state index in [1.807, 2.05) is 32.0 Å². The second kappa shape index (κ2) is 6.61. The van der Waals surface area contributed by atoms with Gasteiger partial charge in [0.2, 0.25) is 0 Å². The van der Waals surface area contributed by atoms with Crippen LogP contribution in [-0.4, -0.2) is 15.6 Å². The zero-order valence-electron chi connectivity index (χ0n) is 12.5. The predicted octanol–water partition coefficient (Wildman–Crippen LogP) is 3.05. The Morgan fingerprint density at radius 1 is 1.43 bits per heavy atom. The third kappa shape index (κ3) is 3.74. The van der Waals surface area contributed by atoms with Gasteiger partial charge in [-0.3, -0.25) is 9.36 Å². The minimum absolute atomic E-state index is 0.134. The van der Waals surface area contributed by atoms with Crippen molar-refractivity contribution in [2.24, 2.45) is 5.92 Å². The van der Waals surface area contributed by atoms with E-state index in [1.165, 1.54) is 0 Å². The number of aromatic nitrogens is 1. The lowest BCUT2D eigenvalue weighted by Gasteiger charge is -2.08. The fraction of sp³-hybridized carbons (Fsp3) is 0.500. The first-order valence-electron chi connectivity index (χ1n) is 7.35. The monoisotopic (exact) mass is 291 g/mol. The quantitative estimate of drug-likeness (QED) is 0.851. The Labute approximate surface area is 123 Å². The summed E-state index contributed by atoms with van der Waals surface area (Å²) in [5.74, 6) is -0.946. The van der Waals surface area contributed by atoms with Crippen LogP contribution in [-0.2, 0) is 17.8 Å². The maximum absolute atomic E-state index is 11.8. The molecular formula is C16H21NO4. The van der Waals surface area contributed by atoms with Crippen molar-refractivity contribution >= 4 is 17.1 Å². The van der Waals surface area contributed by atoms with Gasteiger partial charge in [-0.05, 0) is 42.9 Å². The summed E-state index contributed by atoms with van der Waals surface area (Å²) >= 11 is 0. The minimum atomic E-state index is -0.763. The molecule has 0 fully saturated rings. The molecule has 114 valence electrons. The Kier molecular flexibility index (Phi) is 4.83. The number of benzene rings is 1. The topological polar surface area (TPSA) is 72.4 Å². The molecule has 0 saturated heterocycles. The van der Waals surface area contributed by atoms with Crippen molar-refractivity contribution in [1.82, 2.24) is 4.57 Å². The van der Waals surface area contributed by atoms with Crippen LogP contribution in [0.15, 0.2) is 27.4 Å². The lowest BCUT2D eigenvalue weighted by atomic mass is 9.98. The van der Waals surface area contributed by atoms with E-state index in [0.717, 1.165) is 30.3 Å². The molecule has 0 aliphatic carbocycles. The third-order valence-corrected chi connectivity index (χ3v) is 3.63. The highest BCUT2D eigenvalue weighted by Crippen LogP contribution is 2.18. The number of oxazole rings is 1. The second-order valence-electron chi connectivity index (χ2n) is 5.56. The minimum Gasteiger partial charge on any atom is -0.481 e. The van der Waals surface area contributed by atoms with E-state index in [-0.39, 0.29) is 18.1 Å². The number of rotatable bonds is 7. The molecule has 0 radical (unpaired) electrons. The van der Waals surface area contributed by atoms with Crippen LogP contribution < -0.4 is 5.76 Å². The van der Waals surface area contributed by atoms with Gasteiger partial charge in [-0.1, -0.05) is 19.9 Å². The predicted molar refractivity (Wildman–Crippen MR) is 80.5 cm³/mol. The Bertz CT molecular complexity index is 683. The average Bonchev–Trinajstić information content (AvgIpc) is 2.72. The first kappa shape index (κ1) is 15.4. The molecule has 1 N–H and O–H groups in total. The first-order valence-corrected chi connectivity index (χ1v) is 7.35. The van der Waals surface area contributed by atoms with Gasteiger partial charge in [-0.2, -0.15) is 0 Å². The van der Waals surface area contributed by atoms with Crippen LogP contribution in [0.25, 0.3) is 11.1 Å². The lowest BCUT2D eigenvalue weighted by Crippen LogP contribution is -2.13. The number of hydrogen-bond donors (Lipinski definition) is 1. The number of nitrogens with zero attached hydrogens (tertiary/aromatic N) is 1. The van der Waals surface area contributed by atoms with Gasteiger partial charge in [-0.15, -0.1) is 0 Å². The Morgan fingerprint density at radius 2 is 2.19 bits per heavy atom. The van der Waals surface area contributed by atoms with E-state index in [4.69, 9.17) is 9.52 Å². The molecule has 5 nitrogen and oxygen atoms in total. The van der Waals surface area contributed by atoms with Gasteiger partial charge in [0.05, 0.1) is 5.52 Å². The van der Waals surface area contributed by atoms with Crippen molar-refractivity contribution in [3.8, 4) is 0 Å². The summed E-state index contributed by atoms with van der Waals surface area (Å²) in [6, 6.07) is 5.78. The lowest BCUT2D eigenvalue weighted by molar-refractivity contribution is -0.138. The molecule has 1 unspecified atom stereocenters. The van der Waals surface area contributed by atoms with Crippen molar-refractivity contribution < 1.29 is 14.3 Å². The molecule has 0 aliphatic heterocycles. The fourth-order valence-corrected chi connectivity index (χ4v) is 2.51. The third-order valence-electron chi connectivity index (χ3n) is 3.63. The summed E-state index contributed by atoms with van der Waals surface area (Å²) in [6.07, 6.45) is 2.65. The van der Waals surface area contributed by atoms with E-state index < -0.39 is 5.97 Å². The number of carboxylic acids is 1. The highest BCUT2D eigenvalue weighted by molar-refractivity contribution is 5.73. The smallest absolute Gasteiger partial charge is 0.419 e. The largest absolute Gasteiger partial charge is 0.481 e. The normalized spacial score (nSPS) is 12.7. The van der Waals surface area contributed by atoms with Crippen molar-refractivity contribution in [1.29, 1.82) is 0 Å². The average molecular weight is 291 g/mol. The van der Waals surface area contributed by atoms with E-state index in [2.05, 4.69) is 0 Å². The van der Waals surface area contributed by atoms with Gasteiger partial charge in [0.25, 0.3) is 0 Å². The van der Waals surface area contributed by atoms with Gasteiger partial charge in [0.1, 0.15) is 0 Å². The van der Waals surface area contributed by atoms with Gasteiger partial charge in [-0.25, -0.2) is 4.79 Å². The van der Waals surface area contributed by atoms with Crippen LogP contribution in [0.2, 0.25) is 0 Å². The second-order valence-corrected chi connectivity index (χ2v) is 5.56. The zero-order chi connectivity index (χ0) is 15.4. The van der Waals surface area contributed by atoms with Crippen LogP contribution in [0.4, 0.5) is 0 Å². The molecule has 0 bridgehead atoms. The maximum Gasteiger partial charge on any atom is 0.419 e. The van der Waals surface area contributed by atoms with Gasteiger partial charge < -0.3 is 9.52 Å². The molecule has 5 heteroatoms. The Balaban J connectivity index is 2.13. The van der Waals surface area contributed by atoms with Gasteiger partial charge >= 0.3 is 11.7 Å². The number of aliphatic carboxylic acids is 1. The molecule has 2 aromatic rings. The summed E-state index contributed by atoms with van der Waals surface area (Å²) in [4.78, 5) is 22.4. The highest BCUT2D eigenvalue weighted by Gasteiger charge is 2.11. The number of hydrogen-bond acceptors (Lipinski definition) is 3. The Morgan fingerprint density at radius 3 is 2.86 bits per heavy atom. The van der Waals surface area contributed by atoms with Crippen molar-refractivity contribution in [2.45, 2.75) is 46.1 Å². The van der Waals surface area contributed by atoms with Crippen molar-refractivity contribution in [3.63, 3.8) is 0 Å². The summed E-state index contributed by atoms with van der Waals surface area (Å²) in [5, 5.41) is 8.75. The molecule has 1 atom stereocenters. The van der Waals surface area contributed by atoms with Gasteiger partial charge in [0.15, 0.2) is 5.58 Å². The molecule has 0 amide bonds. The molecule has 0 saturated carbocycles. The van der Waals surface area contributed by atoms with Crippen LogP contribution in [0, 0.1) is 5.92 Å². The van der Waals surface area contributed by atoms with E-state index in [9.17, 15) is 9.59 Å². The standard InChI is InChI=1S/C16H21NO4/c1-3-8-17-13-7-6-12(10-14(13)21-16(17)20)5-4-11(2)9-15(18)19/h6-7,10-11H,3-5,8-9H2,1-2H3,(H,18,19). The van der Waals surface area contributed by atoms with Crippen LogP contribution >= 0.6 is 0 Å². The molecule has 1 heterocycles. The Hall–Kier alpha value is -2.04. The molecule has 2 rings (SSSR count). The molecule has 0 aliphatic rings. The maximum atomic E-state index is 11.8. The van der Waals surface area contributed by atoms with Gasteiger partial charge in [0, 0.05) is 13.0 Å². The van der Waals surface area contributed by atoms with Crippen molar-refractivity contribution in [3.05, 3.63) is 34.3 Å². The summed E-state index contributed by atoms with van der Waals surface area (Å²) < 4.78 is 6.92. The molecule has 1 aromatic carbocycles. The zero-order valence-corrected chi connectivity index (χ0v) is 12.5. The number of carboxylic acid groups (broad SMARTS) is 1. The highest BCUT2D eigenvalue weighted by atomic mass is 16.4. The number of carbonyl (C=O) groups is 1. The van der Waals surface area contributed by atoms with Crippen molar-refractivity contribution in [2.75, 3.05) is 0 Å². The van der Waals surface area contributed by atoms with E-state index >= 15 is 0 Å². The van der Waals surface area contributed by atoms with E-state index in [0.29, 0.717) is 12.1 Å². The molecule has 1 aromatic heterocycles. The number of aryl methyl sites for hydroxylation is 2. The number of fused-ring (bicyclic) bond motifs is 1. The van der Waals surface area contributed by atoms with Crippen LogP contribution in [0.5, 0.6) is 0 Å². The first-order chi connectivity index (χ1) is 10.0. The van der Waals surface area contributed by atoms with Crippen LogP contribution in [0.1, 0.15) is 38.7 Å².